The maximum atomic E-state index is 13.9. The van der Waals surface area contributed by atoms with Crippen LogP contribution >= 0.6 is 0 Å². The van der Waals surface area contributed by atoms with Gasteiger partial charge in [0.25, 0.3) is 0 Å². The fourth-order valence-corrected chi connectivity index (χ4v) is 6.37. The SMILES string of the molecule is CCC[C@@H](OCc1ccccc1)C(C(O)/C=C/CCCCOc1ccc(OC)cc1)S(=O)(=O)c1ccc(C)cc1. The van der Waals surface area contributed by atoms with E-state index < -0.39 is 27.3 Å². The molecule has 0 aliphatic rings. The molecule has 216 valence electrons. The van der Waals surface area contributed by atoms with Crippen molar-refractivity contribution in [2.45, 2.75) is 74.9 Å². The van der Waals surface area contributed by atoms with E-state index in [9.17, 15) is 13.5 Å². The first-order chi connectivity index (χ1) is 19.3. The first-order valence-corrected chi connectivity index (χ1v) is 15.5. The molecular weight excluding hydrogens is 524 g/mol. The molecule has 6 nitrogen and oxygen atoms in total. The number of aliphatic hydroxyl groups excluding tert-OH is 1. The van der Waals surface area contributed by atoms with Crippen LogP contribution < -0.4 is 9.47 Å². The van der Waals surface area contributed by atoms with Crippen LogP contribution in [0, 0.1) is 6.92 Å². The minimum atomic E-state index is -3.89. The Balaban J connectivity index is 1.66. The van der Waals surface area contributed by atoms with Gasteiger partial charge in [-0.1, -0.05) is 73.5 Å². The fraction of sp³-hybridized carbons (Fsp3) is 0.394. The second kappa shape index (κ2) is 16.2. The largest absolute Gasteiger partial charge is 0.497 e. The molecule has 0 aromatic heterocycles. The van der Waals surface area contributed by atoms with E-state index in [1.54, 1.807) is 37.5 Å². The van der Waals surface area contributed by atoms with Gasteiger partial charge in [0.2, 0.25) is 0 Å². The zero-order valence-corrected chi connectivity index (χ0v) is 24.6. The summed E-state index contributed by atoms with van der Waals surface area (Å²) in [6.07, 6.45) is 5.19. The van der Waals surface area contributed by atoms with E-state index in [1.165, 1.54) is 0 Å². The zero-order chi connectivity index (χ0) is 28.8. The van der Waals surface area contributed by atoms with Gasteiger partial charge in [0.1, 0.15) is 16.7 Å². The Morgan fingerprint density at radius 2 is 1.57 bits per heavy atom. The van der Waals surface area contributed by atoms with Gasteiger partial charge in [0.05, 0.1) is 37.4 Å². The molecule has 0 saturated heterocycles. The van der Waals surface area contributed by atoms with Crippen LogP contribution in [0.25, 0.3) is 0 Å². The van der Waals surface area contributed by atoms with Gasteiger partial charge in [-0.05, 0) is 74.6 Å². The number of allylic oxidation sites excluding steroid dienone is 1. The van der Waals surface area contributed by atoms with Gasteiger partial charge in [-0.15, -0.1) is 0 Å². The molecule has 3 rings (SSSR count). The molecule has 7 heteroatoms. The van der Waals surface area contributed by atoms with Crippen LogP contribution in [0.3, 0.4) is 0 Å². The summed E-state index contributed by atoms with van der Waals surface area (Å²) in [6.45, 7) is 4.75. The summed E-state index contributed by atoms with van der Waals surface area (Å²) in [4.78, 5) is 0.190. The van der Waals surface area contributed by atoms with E-state index in [2.05, 4.69) is 0 Å². The smallest absolute Gasteiger partial charge is 0.186 e. The number of benzene rings is 3. The third kappa shape index (κ3) is 9.51. The Morgan fingerprint density at radius 3 is 2.23 bits per heavy atom. The van der Waals surface area contributed by atoms with Gasteiger partial charge >= 0.3 is 0 Å². The molecule has 0 heterocycles. The Labute approximate surface area is 239 Å². The van der Waals surface area contributed by atoms with E-state index in [0.29, 0.717) is 19.4 Å². The molecule has 2 unspecified atom stereocenters. The molecule has 40 heavy (non-hydrogen) atoms. The predicted octanol–water partition coefficient (Wildman–Crippen LogP) is 6.70. The normalized spacial score (nSPS) is 14.1. The average molecular weight is 567 g/mol. The first-order valence-electron chi connectivity index (χ1n) is 13.9. The van der Waals surface area contributed by atoms with Crippen LogP contribution in [0.1, 0.15) is 50.2 Å². The molecule has 0 radical (unpaired) electrons. The van der Waals surface area contributed by atoms with Crippen LogP contribution in [-0.2, 0) is 21.2 Å². The number of hydrogen-bond donors (Lipinski definition) is 1. The second-order valence-electron chi connectivity index (χ2n) is 9.88. The van der Waals surface area contributed by atoms with Crippen molar-refractivity contribution in [1.29, 1.82) is 0 Å². The van der Waals surface area contributed by atoms with Crippen LogP contribution in [0.2, 0.25) is 0 Å². The monoisotopic (exact) mass is 566 g/mol. The Hall–Kier alpha value is -3.13. The maximum Gasteiger partial charge on any atom is 0.186 e. The zero-order valence-electron chi connectivity index (χ0n) is 23.7. The number of methoxy groups -OCH3 is 1. The lowest BCUT2D eigenvalue weighted by Gasteiger charge is -2.30. The highest BCUT2D eigenvalue weighted by atomic mass is 32.2. The van der Waals surface area contributed by atoms with Crippen LogP contribution in [-0.4, -0.2) is 44.7 Å². The third-order valence-corrected chi connectivity index (χ3v) is 8.95. The standard InChI is InChI=1S/C33H42O6S/c1-4-12-32(39-25-27-13-8-7-9-14-27)33(40(35,36)30-22-16-26(2)17-23-30)31(34)15-10-5-6-11-24-38-29-20-18-28(37-3)19-21-29/h7-10,13-23,31-34H,4-6,11-12,24-25H2,1-3H3/b15-10+/t31?,32-,33?/m1/s1. The molecule has 0 aliphatic carbocycles. The molecule has 0 spiro atoms. The summed E-state index contributed by atoms with van der Waals surface area (Å²) in [5, 5.41) is 10.1. The topological polar surface area (TPSA) is 82.1 Å². The number of sulfone groups is 1. The molecular formula is C33H42O6S. The van der Waals surface area contributed by atoms with Crippen molar-refractivity contribution in [3.63, 3.8) is 0 Å². The molecule has 1 N–H and O–H groups in total. The summed E-state index contributed by atoms with van der Waals surface area (Å²) in [5.41, 5.74) is 1.93. The van der Waals surface area contributed by atoms with Gasteiger partial charge in [-0.3, -0.25) is 0 Å². The van der Waals surface area contributed by atoms with Crippen molar-refractivity contribution in [3.05, 3.63) is 102 Å². The van der Waals surface area contributed by atoms with Crippen molar-refractivity contribution in [3.8, 4) is 11.5 Å². The highest BCUT2D eigenvalue weighted by molar-refractivity contribution is 7.92. The van der Waals surface area contributed by atoms with E-state index in [4.69, 9.17) is 14.2 Å². The molecule has 0 fully saturated rings. The van der Waals surface area contributed by atoms with Crippen LogP contribution in [0.5, 0.6) is 11.5 Å². The Morgan fingerprint density at radius 1 is 0.900 bits per heavy atom. The van der Waals surface area contributed by atoms with E-state index in [1.807, 2.05) is 74.5 Å². The van der Waals surface area contributed by atoms with Gasteiger partial charge < -0.3 is 19.3 Å². The summed E-state index contributed by atoms with van der Waals surface area (Å²) >= 11 is 0. The molecule has 3 atom stereocenters. The molecule has 0 bridgehead atoms. The van der Waals surface area contributed by atoms with Crippen molar-refractivity contribution >= 4 is 9.84 Å². The van der Waals surface area contributed by atoms with E-state index >= 15 is 0 Å². The lowest BCUT2D eigenvalue weighted by atomic mass is 10.1. The second-order valence-corrected chi connectivity index (χ2v) is 12.0. The van der Waals surface area contributed by atoms with Crippen LogP contribution in [0.4, 0.5) is 0 Å². The maximum absolute atomic E-state index is 13.9. The van der Waals surface area contributed by atoms with Gasteiger partial charge in [-0.2, -0.15) is 0 Å². The minimum absolute atomic E-state index is 0.190. The Bertz CT molecular complexity index is 1250. The number of hydrogen-bond acceptors (Lipinski definition) is 6. The summed E-state index contributed by atoms with van der Waals surface area (Å²) in [6, 6.07) is 23.9. The highest BCUT2D eigenvalue weighted by Gasteiger charge is 2.39. The number of aryl methyl sites for hydroxylation is 1. The van der Waals surface area contributed by atoms with Crippen molar-refractivity contribution in [1.82, 2.24) is 0 Å². The average Bonchev–Trinajstić information content (AvgIpc) is 2.96. The van der Waals surface area contributed by atoms with Crippen molar-refractivity contribution in [2.24, 2.45) is 0 Å². The van der Waals surface area contributed by atoms with E-state index in [-0.39, 0.29) is 11.5 Å². The number of unbranched alkanes of at least 4 members (excludes halogenated alkanes) is 2. The molecule has 0 aliphatic heterocycles. The fourth-order valence-electron chi connectivity index (χ4n) is 4.46. The lowest BCUT2D eigenvalue weighted by Crippen LogP contribution is -2.44. The molecule has 0 amide bonds. The van der Waals surface area contributed by atoms with Gasteiger partial charge in [-0.25, -0.2) is 8.42 Å². The van der Waals surface area contributed by atoms with Crippen molar-refractivity contribution in [2.75, 3.05) is 13.7 Å². The predicted molar refractivity (Wildman–Crippen MR) is 160 cm³/mol. The van der Waals surface area contributed by atoms with E-state index in [0.717, 1.165) is 41.9 Å². The Kier molecular flexibility index (Phi) is 12.7. The summed E-state index contributed by atoms with van der Waals surface area (Å²) in [7, 11) is -2.26. The van der Waals surface area contributed by atoms with Gasteiger partial charge in [0.15, 0.2) is 9.84 Å². The molecule has 3 aromatic carbocycles. The molecule has 3 aromatic rings. The minimum Gasteiger partial charge on any atom is -0.497 e. The van der Waals surface area contributed by atoms with Gasteiger partial charge in [0, 0.05) is 0 Å². The number of aliphatic hydroxyl groups is 1. The molecule has 0 saturated carbocycles. The van der Waals surface area contributed by atoms with Crippen LogP contribution in [0.15, 0.2) is 95.9 Å². The summed E-state index contributed by atoms with van der Waals surface area (Å²) < 4.78 is 44.9. The highest BCUT2D eigenvalue weighted by Crippen LogP contribution is 2.27. The quantitative estimate of drug-likeness (QED) is 0.145. The first kappa shape index (κ1) is 31.4. The summed E-state index contributed by atoms with van der Waals surface area (Å²) in [5.74, 6) is 1.57. The van der Waals surface area contributed by atoms with Crippen molar-refractivity contribution < 1.29 is 27.7 Å². The lowest BCUT2D eigenvalue weighted by molar-refractivity contribution is 0.0110. The third-order valence-electron chi connectivity index (χ3n) is 6.72. The number of rotatable bonds is 17. The number of ether oxygens (including phenoxy) is 3.